The second-order valence-electron chi connectivity index (χ2n) is 7.44. The molecule has 2 aliphatic rings. The number of guanidine groups is 1. The van der Waals surface area contributed by atoms with Crippen molar-refractivity contribution in [2.75, 3.05) is 45.8 Å². The lowest BCUT2D eigenvalue weighted by molar-refractivity contribution is -0.130. The number of nitrogens with one attached hydrogen (secondary N) is 1. The average molecular weight is 372 g/mol. The van der Waals surface area contributed by atoms with Gasteiger partial charge in [-0.2, -0.15) is 0 Å². The van der Waals surface area contributed by atoms with E-state index in [2.05, 4.69) is 52.4 Å². The van der Waals surface area contributed by atoms with Gasteiger partial charge in [0.1, 0.15) is 0 Å². The molecular weight excluding hydrogens is 338 g/mol. The summed E-state index contributed by atoms with van der Waals surface area (Å²) < 4.78 is 0. The number of piperazine rings is 1. The lowest BCUT2D eigenvalue weighted by Crippen LogP contribution is -2.53. The Labute approximate surface area is 163 Å². The summed E-state index contributed by atoms with van der Waals surface area (Å²) in [6.45, 7) is 10.9. The van der Waals surface area contributed by atoms with Gasteiger partial charge in [0.2, 0.25) is 5.91 Å². The van der Waals surface area contributed by atoms with E-state index < -0.39 is 0 Å². The van der Waals surface area contributed by atoms with Crippen LogP contribution < -0.4 is 5.32 Å². The van der Waals surface area contributed by atoms with Crippen LogP contribution in [0.4, 0.5) is 0 Å². The van der Waals surface area contributed by atoms with Crippen LogP contribution in [-0.4, -0.2) is 78.4 Å². The normalized spacial score (nSPS) is 21.6. The third kappa shape index (κ3) is 5.45. The van der Waals surface area contributed by atoms with E-state index >= 15 is 0 Å². The van der Waals surface area contributed by atoms with E-state index in [1.54, 1.807) is 6.92 Å². The summed E-state index contributed by atoms with van der Waals surface area (Å²) in [6, 6.07) is 11.2. The number of likely N-dealkylation sites (tertiary alicyclic amines) is 1. The molecule has 1 amide bonds. The molecule has 1 aromatic rings. The quantitative estimate of drug-likeness (QED) is 0.633. The largest absolute Gasteiger partial charge is 0.357 e. The zero-order valence-corrected chi connectivity index (χ0v) is 16.7. The number of carbonyl (C=O) groups excluding carboxylic acids is 1. The molecule has 0 radical (unpaired) electrons. The SMILES string of the molecule is CCNC(=NCC1CCCN1Cc1ccccc1)N1CCN(C(C)=O)CC1. The standard InChI is InChI=1S/C21H33N5O/c1-3-22-21(25-14-12-24(13-15-25)18(2)27)23-16-20-10-7-11-26(20)17-19-8-5-4-6-9-19/h4-6,8-9,20H,3,7,10-17H2,1-2H3,(H,22,23). The van der Waals surface area contributed by atoms with E-state index in [-0.39, 0.29) is 5.91 Å². The van der Waals surface area contributed by atoms with E-state index in [1.807, 2.05) is 4.90 Å². The van der Waals surface area contributed by atoms with Crippen LogP contribution in [0, 0.1) is 0 Å². The van der Waals surface area contributed by atoms with Crippen LogP contribution in [0.5, 0.6) is 0 Å². The Morgan fingerprint density at radius 1 is 1.11 bits per heavy atom. The summed E-state index contributed by atoms with van der Waals surface area (Å²) in [5, 5.41) is 3.44. The monoisotopic (exact) mass is 371 g/mol. The molecule has 0 aliphatic carbocycles. The fourth-order valence-electron chi connectivity index (χ4n) is 3.98. The minimum absolute atomic E-state index is 0.166. The fourth-order valence-corrected chi connectivity index (χ4v) is 3.98. The van der Waals surface area contributed by atoms with Crippen LogP contribution in [0.1, 0.15) is 32.3 Å². The van der Waals surface area contributed by atoms with E-state index in [0.717, 1.165) is 58.3 Å². The maximum atomic E-state index is 11.5. The maximum absolute atomic E-state index is 11.5. The molecule has 0 saturated carbocycles. The molecule has 0 spiro atoms. The summed E-state index contributed by atoms with van der Waals surface area (Å²) >= 11 is 0. The highest BCUT2D eigenvalue weighted by Crippen LogP contribution is 2.20. The van der Waals surface area contributed by atoms with Crippen molar-refractivity contribution in [2.24, 2.45) is 4.99 Å². The molecule has 27 heavy (non-hydrogen) atoms. The van der Waals surface area contributed by atoms with Crippen molar-refractivity contribution in [1.29, 1.82) is 0 Å². The highest BCUT2D eigenvalue weighted by molar-refractivity contribution is 5.80. The van der Waals surface area contributed by atoms with Crippen molar-refractivity contribution in [1.82, 2.24) is 20.0 Å². The molecule has 1 unspecified atom stereocenters. The van der Waals surface area contributed by atoms with E-state index in [9.17, 15) is 4.79 Å². The van der Waals surface area contributed by atoms with Crippen molar-refractivity contribution < 1.29 is 4.79 Å². The van der Waals surface area contributed by atoms with Crippen molar-refractivity contribution in [2.45, 2.75) is 39.3 Å². The Balaban J connectivity index is 1.58. The second kappa shape index (κ2) is 9.74. The van der Waals surface area contributed by atoms with Gasteiger partial charge in [0.15, 0.2) is 5.96 Å². The number of carbonyl (C=O) groups is 1. The molecule has 0 bridgehead atoms. The molecule has 6 nitrogen and oxygen atoms in total. The molecule has 1 aromatic carbocycles. The van der Waals surface area contributed by atoms with Crippen molar-refractivity contribution in [3.63, 3.8) is 0 Å². The van der Waals surface area contributed by atoms with Crippen LogP contribution in [-0.2, 0) is 11.3 Å². The van der Waals surface area contributed by atoms with Crippen LogP contribution in [0.15, 0.2) is 35.3 Å². The average Bonchev–Trinajstić information content (AvgIpc) is 3.13. The topological polar surface area (TPSA) is 51.2 Å². The minimum atomic E-state index is 0.166. The molecule has 1 N–H and O–H groups in total. The van der Waals surface area contributed by atoms with E-state index in [4.69, 9.17) is 4.99 Å². The first kappa shape index (κ1) is 19.7. The van der Waals surface area contributed by atoms with Gasteiger partial charge in [-0.1, -0.05) is 30.3 Å². The van der Waals surface area contributed by atoms with Crippen molar-refractivity contribution in [3.8, 4) is 0 Å². The number of hydrogen-bond donors (Lipinski definition) is 1. The molecule has 0 aromatic heterocycles. The summed E-state index contributed by atoms with van der Waals surface area (Å²) in [7, 11) is 0. The lowest BCUT2D eigenvalue weighted by atomic mass is 10.2. The first-order chi connectivity index (χ1) is 13.2. The van der Waals surface area contributed by atoms with Gasteiger partial charge in [-0.25, -0.2) is 0 Å². The van der Waals surface area contributed by atoms with E-state index in [1.165, 1.54) is 18.4 Å². The molecule has 2 heterocycles. The van der Waals surface area contributed by atoms with Gasteiger partial charge in [0.05, 0.1) is 6.54 Å². The maximum Gasteiger partial charge on any atom is 0.219 e. The zero-order chi connectivity index (χ0) is 19.1. The zero-order valence-electron chi connectivity index (χ0n) is 16.7. The van der Waals surface area contributed by atoms with Gasteiger partial charge in [0, 0.05) is 52.2 Å². The van der Waals surface area contributed by atoms with Crippen LogP contribution in [0.2, 0.25) is 0 Å². The molecule has 1 atom stereocenters. The van der Waals surface area contributed by atoms with Gasteiger partial charge in [-0.15, -0.1) is 0 Å². The highest BCUT2D eigenvalue weighted by Gasteiger charge is 2.25. The van der Waals surface area contributed by atoms with Crippen molar-refractivity contribution in [3.05, 3.63) is 35.9 Å². The second-order valence-corrected chi connectivity index (χ2v) is 7.44. The van der Waals surface area contributed by atoms with Crippen LogP contribution in [0.25, 0.3) is 0 Å². The highest BCUT2D eigenvalue weighted by atomic mass is 16.2. The molecule has 3 rings (SSSR count). The molecular formula is C21H33N5O. The summed E-state index contributed by atoms with van der Waals surface area (Å²) in [5.74, 6) is 1.16. The number of nitrogens with zero attached hydrogens (tertiary/aromatic N) is 4. The Morgan fingerprint density at radius 2 is 1.81 bits per heavy atom. The molecule has 2 aliphatic heterocycles. The number of rotatable bonds is 5. The number of aliphatic imine (C=N–C) groups is 1. The van der Waals surface area contributed by atoms with Crippen LogP contribution in [0.3, 0.4) is 0 Å². The molecule has 6 heteroatoms. The predicted octanol–water partition coefficient (Wildman–Crippen LogP) is 1.78. The first-order valence-electron chi connectivity index (χ1n) is 10.2. The van der Waals surface area contributed by atoms with E-state index in [0.29, 0.717) is 6.04 Å². The van der Waals surface area contributed by atoms with Gasteiger partial charge >= 0.3 is 0 Å². The summed E-state index contributed by atoms with van der Waals surface area (Å²) in [5.41, 5.74) is 1.38. The number of benzene rings is 1. The number of hydrogen-bond acceptors (Lipinski definition) is 3. The Hall–Kier alpha value is -2.08. The molecule has 2 fully saturated rings. The third-order valence-electron chi connectivity index (χ3n) is 5.54. The van der Waals surface area contributed by atoms with Crippen molar-refractivity contribution >= 4 is 11.9 Å². The van der Waals surface area contributed by atoms with Gasteiger partial charge in [-0.3, -0.25) is 14.7 Å². The van der Waals surface area contributed by atoms with Crippen LogP contribution >= 0.6 is 0 Å². The smallest absolute Gasteiger partial charge is 0.219 e. The third-order valence-corrected chi connectivity index (χ3v) is 5.54. The minimum Gasteiger partial charge on any atom is -0.357 e. The Bertz CT molecular complexity index is 625. The van der Waals surface area contributed by atoms with Gasteiger partial charge < -0.3 is 15.1 Å². The summed E-state index contributed by atoms with van der Waals surface area (Å²) in [4.78, 5) is 23.3. The lowest BCUT2D eigenvalue weighted by Gasteiger charge is -2.36. The Kier molecular flexibility index (Phi) is 7.10. The first-order valence-corrected chi connectivity index (χ1v) is 10.2. The fraction of sp³-hybridized carbons (Fsp3) is 0.619. The van der Waals surface area contributed by atoms with Gasteiger partial charge in [0.25, 0.3) is 0 Å². The van der Waals surface area contributed by atoms with Gasteiger partial charge in [-0.05, 0) is 31.9 Å². The molecule has 2 saturated heterocycles. The number of amides is 1. The Morgan fingerprint density at radius 3 is 2.48 bits per heavy atom. The summed E-state index contributed by atoms with van der Waals surface area (Å²) in [6.07, 6.45) is 2.47. The molecule has 148 valence electrons. The predicted molar refractivity (Wildman–Crippen MR) is 110 cm³/mol.